The summed E-state index contributed by atoms with van der Waals surface area (Å²) in [6, 6.07) is 15.6. The van der Waals surface area contributed by atoms with Crippen molar-refractivity contribution in [1.29, 1.82) is 0 Å². The molecule has 0 fully saturated rings. The zero-order valence-electron chi connectivity index (χ0n) is 12.6. The molecule has 2 aromatic carbocycles. The molecular weight excluding hydrogens is 314 g/mol. The first-order valence-electron chi connectivity index (χ1n) is 7.14. The number of benzene rings is 2. The van der Waals surface area contributed by atoms with Gasteiger partial charge in [0.2, 0.25) is 10.0 Å². The minimum atomic E-state index is -3.76. The van der Waals surface area contributed by atoms with E-state index in [9.17, 15) is 13.5 Å². The Hall–Kier alpha value is -2.15. The van der Waals surface area contributed by atoms with Crippen molar-refractivity contribution in [3.05, 3.63) is 66.6 Å². The summed E-state index contributed by atoms with van der Waals surface area (Å²) in [5.74, 6) is 0.304. The third-order valence-electron chi connectivity index (χ3n) is 3.70. The van der Waals surface area contributed by atoms with Crippen molar-refractivity contribution in [2.24, 2.45) is 0 Å². The molecule has 0 aliphatic rings. The van der Waals surface area contributed by atoms with Gasteiger partial charge in [-0.1, -0.05) is 36.4 Å². The minimum absolute atomic E-state index is 0.186. The van der Waals surface area contributed by atoms with Crippen LogP contribution in [0.25, 0.3) is 10.8 Å². The lowest BCUT2D eigenvalue weighted by molar-refractivity contribution is 0.0395. The molecule has 0 radical (unpaired) electrons. The molecule has 0 amide bonds. The molecule has 120 valence electrons. The lowest BCUT2D eigenvalue weighted by Crippen LogP contribution is -2.38. The largest absolute Gasteiger partial charge is 0.466 e. The number of furan rings is 1. The summed E-state index contributed by atoms with van der Waals surface area (Å²) in [4.78, 5) is 0.186. The van der Waals surface area contributed by atoms with Gasteiger partial charge in [0.1, 0.15) is 11.4 Å². The van der Waals surface area contributed by atoms with E-state index < -0.39 is 15.6 Å². The van der Waals surface area contributed by atoms with Crippen LogP contribution in [-0.4, -0.2) is 20.1 Å². The fourth-order valence-electron chi connectivity index (χ4n) is 2.42. The maximum Gasteiger partial charge on any atom is 0.241 e. The van der Waals surface area contributed by atoms with Gasteiger partial charge in [-0.25, -0.2) is 13.1 Å². The van der Waals surface area contributed by atoms with Crippen LogP contribution in [0.1, 0.15) is 12.7 Å². The van der Waals surface area contributed by atoms with E-state index in [1.54, 1.807) is 36.4 Å². The van der Waals surface area contributed by atoms with Gasteiger partial charge < -0.3 is 9.52 Å². The number of aliphatic hydroxyl groups is 1. The van der Waals surface area contributed by atoms with E-state index in [0.717, 1.165) is 5.39 Å². The van der Waals surface area contributed by atoms with E-state index in [2.05, 4.69) is 4.72 Å². The highest BCUT2D eigenvalue weighted by atomic mass is 32.2. The minimum Gasteiger partial charge on any atom is -0.466 e. The van der Waals surface area contributed by atoms with Crippen molar-refractivity contribution in [2.75, 3.05) is 6.54 Å². The first-order valence-corrected chi connectivity index (χ1v) is 8.62. The van der Waals surface area contributed by atoms with Gasteiger partial charge in [-0.3, -0.25) is 0 Å². The zero-order chi connectivity index (χ0) is 16.5. The molecule has 1 atom stereocenters. The molecule has 0 bridgehead atoms. The van der Waals surface area contributed by atoms with Crippen LogP contribution in [0, 0.1) is 0 Å². The Bertz CT molecular complexity index is 909. The Kier molecular flexibility index (Phi) is 3.97. The summed E-state index contributed by atoms with van der Waals surface area (Å²) < 4.78 is 32.8. The molecule has 23 heavy (non-hydrogen) atoms. The van der Waals surface area contributed by atoms with Crippen molar-refractivity contribution in [3.63, 3.8) is 0 Å². The van der Waals surface area contributed by atoms with Crippen molar-refractivity contribution in [2.45, 2.75) is 17.4 Å². The molecule has 3 rings (SSSR count). The number of hydrogen-bond donors (Lipinski definition) is 2. The van der Waals surface area contributed by atoms with Crippen LogP contribution >= 0.6 is 0 Å². The second-order valence-corrected chi connectivity index (χ2v) is 7.29. The van der Waals surface area contributed by atoms with Gasteiger partial charge in [-0.05, 0) is 30.5 Å². The lowest BCUT2D eigenvalue weighted by Gasteiger charge is -2.21. The van der Waals surface area contributed by atoms with Gasteiger partial charge in [0.25, 0.3) is 0 Å². The van der Waals surface area contributed by atoms with Gasteiger partial charge in [0.05, 0.1) is 11.2 Å². The fourth-order valence-corrected chi connectivity index (χ4v) is 3.78. The number of nitrogens with one attached hydrogen (secondary N) is 1. The Morgan fingerprint density at radius 1 is 1.09 bits per heavy atom. The molecule has 1 heterocycles. The van der Waals surface area contributed by atoms with Gasteiger partial charge in [-0.2, -0.15) is 0 Å². The highest BCUT2D eigenvalue weighted by molar-refractivity contribution is 7.89. The Balaban J connectivity index is 1.90. The van der Waals surface area contributed by atoms with Crippen LogP contribution in [0.2, 0.25) is 0 Å². The summed E-state index contributed by atoms with van der Waals surface area (Å²) in [6.07, 6.45) is 1.43. The molecule has 2 N–H and O–H groups in total. The average Bonchev–Trinajstić information content (AvgIpc) is 3.08. The monoisotopic (exact) mass is 331 g/mol. The summed E-state index contributed by atoms with van der Waals surface area (Å²) >= 11 is 0. The van der Waals surface area contributed by atoms with Gasteiger partial charge in [0.15, 0.2) is 0 Å². The van der Waals surface area contributed by atoms with E-state index in [4.69, 9.17) is 4.42 Å². The topological polar surface area (TPSA) is 79.5 Å². The Labute approximate surface area is 134 Å². The van der Waals surface area contributed by atoms with Crippen LogP contribution in [0.3, 0.4) is 0 Å². The van der Waals surface area contributed by atoms with Crippen molar-refractivity contribution in [3.8, 4) is 0 Å². The van der Waals surface area contributed by atoms with Crippen LogP contribution in [0.15, 0.2) is 70.2 Å². The lowest BCUT2D eigenvalue weighted by atomic mass is 10.1. The van der Waals surface area contributed by atoms with E-state index in [0.29, 0.717) is 11.1 Å². The predicted octanol–water partition coefficient (Wildman–Crippen LogP) is 2.62. The van der Waals surface area contributed by atoms with Crippen molar-refractivity contribution < 1.29 is 17.9 Å². The molecule has 1 aromatic heterocycles. The number of sulfonamides is 1. The van der Waals surface area contributed by atoms with E-state index >= 15 is 0 Å². The zero-order valence-corrected chi connectivity index (χ0v) is 13.4. The van der Waals surface area contributed by atoms with E-state index in [1.807, 2.05) is 18.2 Å². The number of rotatable bonds is 5. The summed E-state index contributed by atoms with van der Waals surface area (Å²) in [5, 5.41) is 11.9. The maximum absolute atomic E-state index is 12.6. The van der Waals surface area contributed by atoms with Crippen LogP contribution in [-0.2, 0) is 15.6 Å². The predicted molar refractivity (Wildman–Crippen MR) is 87.4 cm³/mol. The average molecular weight is 331 g/mol. The fraction of sp³-hybridized carbons (Fsp3) is 0.176. The number of fused-ring (bicyclic) bond motifs is 1. The van der Waals surface area contributed by atoms with Gasteiger partial charge in [-0.15, -0.1) is 0 Å². The van der Waals surface area contributed by atoms with Crippen molar-refractivity contribution in [1.82, 2.24) is 4.72 Å². The molecule has 0 aliphatic heterocycles. The van der Waals surface area contributed by atoms with Crippen molar-refractivity contribution >= 4 is 20.8 Å². The second kappa shape index (κ2) is 5.81. The quantitative estimate of drug-likeness (QED) is 0.753. The first-order chi connectivity index (χ1) is 10.9. The summed E-state index contributed by atoms with van der Waals surface area (Å²) in [5.41, 5.74) is -1.43. The SMILES string of the molecule is CC(O)(CNS(=O)(=O)c1cccc2ccccc12)c1ccco1. The number of hydrogen-bond acceptors (Lipinski definition) is 4. The summed E-state index contributed by atoms with van der Waals surface area (Å²) in [6.45, 7) is 1.31. The Morgan fingerprint density at radius 3 is 2.57 bits per heavy atom. The molecule has 0 saturated heterocycles. The van der Waals surface area contributed by atoms with E-state index in [-0.39, 0.29) is 11.4 Å². The summed E-state index contributed by atoms with van der Waals surface area (Å²) in [7, 11) is -3.76. The molecule has 0 aliphatic carbocycles. The van der Waals surface area contributed by atoms with Gasteiger partial charge in [0, 0.05) is 11.9 Å². The second-order valence-electron chi connectivity index (χ2n) is 5.55. The maximum atomic E-state index is 12.6. The normalized spacial score (nSPS) is 14.7. The van der Waals surface area contributed by atoms with Crippen LogP contribution in [0.5, 0.6) is 0 Å². The van der Waals surface area contributed by atoms with Gasteiger partial charge >= 0.3 is 0 Å². The molecule has 0 saturated carbocycles. The third kappa shape index (κ3) is 3.14. The highest BCUT2D eigenvalue weighted by Gasteiger charge is 2.29. The van der Waals surface area contributed by atoms with E-state index in [1.165, 1.54) is 13.2 Å². The van der Waals surface area contributed by atoms with Crippen LogP contribution < -0.4 is 4.72 Å². The smallest absolute Gasteiger partial charge is 0.241 e. The molecule has 3 aromatic rings. The first kappa shape index (κ1) is 15.7. The molecular formula is C17H17NO4S. The van der Waals surface area contributed by atoms with Crippen LogP contribution in [0.4, 0.5) is 0 Å². The molecule has 0 spiro atoms. The molecule has 5 nitrogen and oxygen atoms in total. The molecule has 1 unspecified atom stereocenters. The standard InChI is InChI=1S/C17H17NO4S/c1-17(19,16-10-5-11-22-16)12-18-23(20,21)15-9-4-7-13-6-2-3-8-14(13)15/h2-11,18-19H,12H2,1H3. The Morgan fingerprint density at radius 2 is 1.83 bits per heavy atom. The third-order valence-corrected chi connectivity index (χ3v) is 5.16. The molecule has 6 heteroatoms. The highest BCUT2D eigenvalue weighted by Crippen LogP contribution is 2.24.